The molecule has 186 valence electrons. The Kier molecular flexibility index (Phi) is 7.14. The molecule has 0 fully saturated rings. The van der Waals surface area contributed by atoms with Crippen LogP contribution in [-0.4, -0.2) is 38.6 Å². The molecule has 2 N–H and O–H groups in total. The topological polar surface area (TPSA) is 106 Å². The first-order valence-electron chi connectivity index (χ1n) is 10.7. The zero-order valence-electron chi connectivity index (χ0n) is 19.4. The molecule has 2 heterocycles. The number of carbonyl (C=O) groups excluding carboxylic acids is 3. The number of hydrogen-bond donors (Lipinski definition) is 2. The van der Waals surface area contributed by atoms with Crippen LogP contribution in [0.25, 0.3) is 10.1 Å². The molecule has 0 radical (unpaired) electrons. The van der Waals surface area contributed by atoms with Crippen LogP contribution in [0.1, 0.15) is 52.1 Å². The molecule has 8 nitrogen and oxygen atoms in total. The quantitative estimate of drug-likeness (QED) is 0.334. The van der Waals surface area contributed by atoms with Crippen LogP contribution in [0.3, 0.4) is 0 Å². The fraction of sp³-hybridized carbons (Fsp3) is 0.208. The lowest BCUT2D eigenvalue weighted by atomic mass is 9.96. The largest absolute Gasteiger partial charge is 0.352 e. The molecule has 1 atom stereocenters. The molecular formula is C24H20ClF2N5O3S. The average Bonchev–Trinajstić information content (AvgIpc) is 3.42. The van der Waals surface area contributed by atoms with Crippen molar-refractivity contribution in [1.29, 1.82) is 0 Å². The molecule has 12 heteroatoms. The number of imidazole rings is 1. The fourth-order valence-corrected chi connectivity index (χ4v) is 5.04. The highest BCUT2D eigenvalue weighted by atomic mass is 35.5. The second kappa shape index (κ2) is 10.1. The Morgan fingerprint density at radius 3 is 2.56 bits per heavy atom. The summed E-state index contributed by atoms with van der Waals surface area (Å²) >= 11 is 7.36. The van der Waals surface area contributed by atoms with Gasteiger partial charge < -0.3 is 15.2 Å². The van der Waals surface area contributed by atoms with E-state index >= 15 is 0 Å². The summed E-state index contributed by atoms with van der Waals surface area (Å²) < 4.78 is 35.3. The summed E-state index contributed by atoms with van der Waals surface area (Å²) in [5, 5.41) is 5.63. The molecule has 0 spiro atoms. The van der Waals surface area contributed by atoms with E-state index in [-0.39, 0.29) is 45.9 Å². The van der Waals surface area contributed by atoms with Crippen molar-refractivity contribution in [3.63, 3.8) is 0 Å². The molecule has 36 heavy (non-hydrogen) atoms. The minimum absolute atomic E-state index is 0.0683. The maximum atomic E-state index is 14.9. The Balaban J connectivity index is 1.90. The zero-order chi connectivity index (χ0) is 26.1. The van der Waals surface area contributed by atoms with Crippen molar-refractivity contribution in [3.8, 4) is 0 Å². The average molecular weight is 532 g/mol. The van der Waals surface area contributed by atoms with Gasteiger partial charge in [-0.2, -0.15) is 4.37 Å². The lowest BCUT2D eigenvalue weighted by Gasteiger charge is -2.19. The number of nitrogens with zero attached hydrogens (tertiary/aromatic N) is 3. The monoisotopic (exact) mass is 531 g/mol. The normalized spacial score (nSPS) is 11.9. The number of benzene rings is 2. The predicted molar refractivity (Wildman–Crippen MR) is 133 cm³/mol. The van der Waals surface area contributed by atoms with Crippen LogP contribution in [0.2, 0.25) is 5.02 Å². The molecule has 0 unspecified atom stereocenters. The van der Waals surface area contributed by atoms with Crippen molar-refractivity contribution in [2.24, 2.45) is 0 Å². The third kappa shape index (κ3) is 4.59. The van der Waals surface area contributed by atoms with Gasteiger partial charge in [0.25, 0.3) is 11.8 Å². The van der Waals surface area contributed by atoms with Crippen LogP contribution in [0, 0.1) is 11.6 Å². The number of Topliss-reactive ketones (excluding diaryl/α,β-unsaturated/α-hetero) is 1. The van der Waals surface area contributed by atoms with Gasteiger partial charge in [0.1, 0.15) is 11.5 Å². The van der Waals surface area contributed by atoms with Crippen LogP contribution in [0.5, 0.6) is 0 Å². The third-order valence-electron chi connectivity index (χ3n) is 5.56. The molecule has 0 saturated carbocycles. The van der Waals surface area contributed by atoms with Crippen LogP contribution >= 0.6 is 23.1 Å². The van der Waals surface area contributed by atoms with E-state index in [1.165, 1.54) is 31.5 Å². The maximum absolute atomic E-state index is 14.9. The second-order valence-electron chi connectivity index (χ2n) is 8.00. The minimum atomic E-state index is -1.19. The first kappa shape index (κ1) is 25.4. The molecule has 0 bridgehead atoms. The molecule has 2 amide bonds. The lowest BCUT2D eigenvalue weighted by molar-refractivity contribution is -0.117. The number of carbonyl (C=O) groups is 3. The molecule has 0 aliphatic carbocycles. The van der Waals surface area contributed by atoms with Gasteiger partial charge in [0.2, 0.25) is 5.82 Å². The van der Waals surface area contributed by atoms with Gasteiger partial charge in [-0.25, -0.2) is 13.8 Å². The van der Waals surface area contributed by atoms with E-state index in [1.54, 1.807) is 12.1 Å². The number of nitrogens with one attached hydrogen (secondary N) is 2. The van der Waals surface area contributed by atoms with Gasteiger partial charge in [0, 0.05) is 28.9 Å². The number of hydrogen-bond acceptors (Lipinski definition) is 6. The van der Waals surface area contributed by atoms with Crippen molar-refractivity contribution in [1.82, 2.24) is 19.2 Å². The summed E-state index contributed by atoms with van der Waals surface area (Å²) in [5.41, 5.74) is 0.0225. The molecular weight excluding hydrogens is 512 g/mol. The van der Waals surface area contributed by atoms with E-state index in [9.17, 15) is 23.2 Å². The minimum Gasteiger partial charge on any atom is -0.352 e. The van der Waals surface area contributed by atoms with Gasteiger partial charge in [-0.1, -0.05) is 36.7 Å². The van der Waals surface area contributed by atoms with E-state index in [4.69, 9.17) is 11.6 Å². The summed E-state index contributed by atoms with van der Waals surface area (Å²) in [7, 11) is 1.38. The van der Waals surface area contributed by atoms with E-state index in [0.717, 1.165) is 22.3 Å². The second-order valence-corrected chi connectivity index (χ2v) is 9.21. The third-order valence-corrected chi connectivity index (χ3v) is 6.72. The summed E-state index contributed by atoms with van der Waals surface area (Å²) in [5.74, 6) is -5.22. The van der Waals surface area contributed by atoms with Crippen molar-refractivity contribution in [2.45, 2.75) is 26.3 Å². The first-order chi connectivity index (χ1) is 17.1. The Labute approximate surface area is 213 Å². The number of halogens is 3. The Morgan fingerprint density at radius 1 is 1.14 bits per heavy atom. The van der Waals surface area contributed by atoms with Crippen molar-refractivity contribution < 1.29 is 23.2 Å². The number of amides is 2. The number of aromatic nitrogens is 3. The van der Waals surface area contributed by atoms with E-state index in [2.05, 4.69) is 20.0 Å². The predicted octanol–water partition coefficient (Wildman–Crippen LogP) is 4.78. The number of fused-ring (bicyclic) bond motifs is 1. The van der Waals surface area contributed by atoms with Gasteiger partial charge in [-0.15, -0.1) is 0 Å². The maximum Gasteiger partial charge on any atom is 0.287 e. The molecule has 0 aliphatic heterocycles. The van der Waals surface area contributed by atoms with Crippen molar-refractivity contribution >= 4 is 56.6 Å². The van der Waals surface area contributed by atoms with Gasteiger partial charge in [-0.3, -0.25) is 14.4 Å². The highest BCUT2D eigenvalue weighted by Gasteiger charge is 2.31. The lowest BCUT2D eigenvalue weighted by Crippen LogP contribution is -2.25. The summed E-state index contributed by atoms with van der Waals surface area (Å²) in [4.78, 5) is 42.2. The van der Waals surface area contributed by atoms with E-state index < -0.39 is 29.4 Å². The molecule has 2 aromatic carbocycles. The van der Waals surface area contributed by atoms with E-state index in [1.807, 2.05) is 12.1 Å². The number of ketones is 1. The standard InChI is InChI=1S/C24H20ClF2N5O3S/c1-11(33)10-32-20(12(2)17-14(25)8-9-15(26)18(17)27)21(29-22(32)24(35)28-3)30-23(34)19-13-6-4-5-7-16(13)36-31-19/h4-9,12H,10H2,1-3H3,(H,28,35)(H,30,34)/t12-/m1/s1. The van der Waals surface area contributed by atoms with E-state index in [0.29, 0.717) is 5.39 Å². The molecule has 2 aromatic heterocycles. The van der Waals surface area contributed by atoms with Gasteiger partial charge in [0.05, 0.1) is 16.9 Å². The van der Waals surface area contributed by atoms with Gasteiger partial charge >= 0.3 is 0 Å². The van der Waals surface area contributed by atoms with Crippen molar-refractivity contribution in [2.75, 3.05) is 12.4 Å². The molecule has 0 saturated heterocycles. The Morgan fingerprint density at radius 2 is 1.86 bits per heavy atom. The van der Waals surface area contributed by atoms with Crippen LogP contribution in [0.15, 0.2) is 36.4 Å². The molecule has 4 rings (SSSR count). The smallest absolute Gasteiger partial charge is 0.287 e. The highest BCUT2D eigenvalue weighted by Crippen LogP contribution is 2.37. The molecule has 0 aliphatic rings. The molecule has 4 aromatic rings. The number of anilines is 1. The van der Waals surface area contributed by atoms with Gasteiger partial charge in [0.15, 0.2) is 17.5 Å². The first-order valence-corrected chi connectivity index (χ1v) is 11.9. The van der Waals surface area contributed by atoms with Gasteiger partial charge in [-0.05, 0) is 36.7 Å². The van der Waals surface area contributed by atoms with Crippen LogP contribution < -0.4 is 10.6 Å². The summed E-state index contributed by atoms with van der Waals surface area (Å²) in [6.45, 7) is 2.51. The Hall–Kier alpha value is -3.70. The van der Waals surface area contributed by atoms with Crippen LogP contribution in [0.4, 0.5) is 14.6 Å². The highest BCUT2D eigenvalue weighted by molar-refractivity contribution is 7.13. The van der Waals surface area contributed by atoms with Crippen LogP contribution in [-0.2, 0) is 11.3 Å². The van der Waals surface area contributed by atoms with Crippen molar-refractivity contribution in [3.05, 3.63) is 75.8 Å². The Bertz CT molecular complexity index is 1520. The fourth-order valence-electron chi connectivity index (χ4n) is 3.96. The summed E-state index contributed by atoms with van der Waals surface area (Å²) in [6, 6.07) is 9.24. The number of rotatable bonds is 7. The summed E-state index contributed by atoms with van der Waals surface area (Å²) in [6.07, 6.45) is 0. The SMILES string of the molecule is CNC(=O)c1nc(NC(=O)c2nsc3ccccc23)c([C@H](C)c2c(Cl)ccc(F)c2F)n1CC(C)=O. The zero-order valence-corrected chi connectivity index (χ0v) is 20.9.